The highest BCUT2D eigenvalue weighted by Crippen LogP contribution is 2.55. The molecular weight excluding hydrogens is 380 g/mol. The second kappa shape index (κ2) is 9.00. The first kappa shape index (κ1) is 22.7. The number of aliphatic hydroxyl groups excluding tert-OH is 1. The molecule has 0 radical (unpaired) electrons. The van der Waals surface area contributed by atoms with E-state index in [1.165, 1.54) is 12.4 Å². The second-order valence-corrected chi connectivity index (χ2v) is 9.89. The van der Waals surface area contributed by atoms with Crippen LogP contribution in [0.5, 0.6) is 0 Å². The van der Waals surface area contributed by atoms with Crippen LogP contribution in [-0.4, -0.2) is 45.1 Å². The molecule has 2 saturated carbocycles. The van der Waals surface area contributed by atoms with Crippen LogP contribution in [0.25, 0.3) is 0 Å². The number of hydrogen-bond acceptors (Lipinski definition) is 5. The van der Waals surface area contributed by atoms with Gasteiger partial charge in [0.05, 0.1) is 12.3 Å². The third-order valence-corrected chi connectivity index (χ3v) is 7.49. The van der Waals surface area contributed by atoms with E-state index in [1.807, 2.05) is 20.8 Å². The SMILES string of the molecule is CC(C)NC(=O)[C@@H](C)[C@@H]1CC[C@]2(C)CC[C@H](NC(=O)c3cnccn3)[C@H](C)[C@@H]2[C@H]1O. The summed E-state index contributed by atoms with van der Waals surface area (Å²) in [5.41, 5.74) is 0.330. The number of nitrogens with one attached hydrogen (secondary N) is 2. The van der Waals surface area contributed by atoms with Crippen molar-refractivity contribution < 1.29 is 14.7 Å². The standard InChI is InChI=1S/C23H36N4O3/c1-13(2)26-21(29)14(3)16-6-8-23(5)9-7-17(15(4)19(23)20(16)28)27-22(30)18-12-24-10-11-25-18/h10-17,19-20,28H,6-9H2,1-5H3,(H,26,29)(H,27,30)/t14-,15-,16-,17-,19+,20-,23+/m0/s1. The Bertz CT molecular complexity index is 756. The van der Waals surface area contributed by atoms with E-state index in [2.05, 4.69) is 34.4 Å². The zero-order chi connectivity index (χ0) is 22.1. The molecule has 3 rings (SSSR count). The van der Waals surface area contributed by atoms with Crippen molar-refractivity contribution in [2.75, 3.05) is 0 Å². The molecule has 7 heteroatoms. The summed E-state index contributed by atoms with van der Waals surface area (Å²) in [7, 11) is 0. The van der Waals surface area contributed by atoms with Gasteiger partial charge in [-0.2, -0.15) is 0 Å². The Morgan fingerprint density at radius 1 is 1.20 bits per heavy atom. The molecule has 1 aromatic heterocycles. The minimum Gasteiger partial charge on any atom is -0.392 e. The van der Waals surface area contributed by atoms with Crippen LogP contribution >= 0.6 is 0 Å². The fourth-order valence-electron chi connectivity index (χ4n) is 5.77. The van der Waals surface area contributed by atoms with Gasteiger partial charge in [0.15, 0.2) is 0 Å². The number of hydrogen-bond donors (Lipinski definition) is 3. The Kier molecular flexibility index (Phi) is 6.80. The minimum absolute atomic E-state index is 0.00798. The topological polar surface area (TPSA) is 104 Å². The number of fused-ring (bicyclic) bond motifs is 1. The molecule has 2 aliphatic rings. The molecule has 1 heterocycles. The molecule has 0 saturated heterocycles. The van der Waals surface area contributed by atoms with Gasteiger partial charge in [0.2, 0.25) is 5.91 Å². The molecule has 0 aromatic carbocycles. The van der Waals surface area contributed by atoms with Gasteiger partial charge in [0, 0.05) is 30.4 Å². The van der Waals surface area contributed by atoms with Crippen LogP contribution in [-0.2, 0) is 4.79 Å². The van der Waals surface area contributed by atoms with Gasteiger partial charge in [-0.3, -0.25) is 14.6 Å². The van der Waals surface area contributed by atoms with E-state index >= 15 is 0 Å². The van der Waals surface area contributed by atoms with Crippen LogP contribution in [0.3, 0.4) is 0 Å². The Morgan fingerprint density at radius 2 is 1.90 bits per heavy atom. The first-order valence-corrected chi connectivity index (χ1v) is 11.2. The monoisotopic (exact) mass is 416 g/mol. The van der Waals surface area contributed by atoms with E-state index in [4.69, 9.17) is 0 Å². The zero-order valence-corrected chi connectivity index (χ0v) is 18.8. The molecule has 0 spiro atoms. The molecule has 166 valence electrons. The van der Waals surface area contributed by atoms with Crippen molar-refractivity contribution in [3.63, 3.8) is 0 Å². The van der Waals surface area contributed by atoms with Crippen molar-refractivity contribution in [1.82, 2.24) is 20.6 Å². The first-order chi connectivity index (χ1) is 14.1. The Balaban J connectivity index is 1.74. The van der Waals surface area contributed by atoms with Crippen LogP contribution in [0.15, 0.2) is 18.6 Å². The van der Waals surface area contributed by atoms with Crippen LogP contribution in [0.2, 0.25) is 0 Å². The van der Waals surface area contributed by atoms with Gasteiger partial charge in [0.25, 0.3) is 5.91 Å². The predicted molar refractivity (Wildman–Crippen MR) is 114 cm³/mol. The molecule has 0 aliphatic heterocycles. The molecule has 2 aliphatic carbocycles. The predicted octanol–water partition coefficient (Wildman–Crippen LogP) is 2.56. The quantitative estimate of drug-likeness (QED) is 0.684. The summed E-state index contributed by atoms with van der Waals surface area (Å²) in [6.45, 7) is 10.2. The lowest BCUT2D eigenvalue weighted by molar-refractivity contribution is -0.142. The Labute approximate surface area is 179 Å². The van der Waals surface area contributed by atoms with Crippen molar-refractivity contribution in [3.05, 3.63) is 24.3 Å². The van der Waals surface area contributed by atoms with Crippen molar-refractivity contribution in [3.8, 4) is 0 Å². The van der Waals surface area contributed by atoms with Gasteiger partial charge < -0.3 is 15.7 Å². The van der Waals surface area contributed by atoms with E-state index in [0.29, 0.717) is 5.69 Å². The molecule has 1 aromatic rings. The number of aromatic nitrogens is 2. The van der Waals surface area contributed by atoms with Crippen molar-refractivity contribution in [1.29, 1.82) is 0 Å². The lowest BCUT2D eigenvalue weighted by Gasteiger charge is -2.56. The summed E-state index contributed by atoms with van der Waals surface area (Å²) >= 11 is 0. The number of carbonyl (C=O) groups excluding carboxylic acids is 2. The van der Waals surface area contributed by atoms with Gasteiger partial charge in [-0.05, 0) is 62.7 Å². The van der Waals surface area contributed by atoms with Gasteiger partial charge in [-0.15, -0.1) is 0 Å². The van der Waals surface area contributed by atoms with Crippen LogP contribution in [0.1, 0.15) is 70.8 Å². The summed E-state index contributed by atoms with van der Waals surface area (Å²) < 4.78 is 0. The summed E-state index contributed by atoms with van der Waals surface area (Å²) in [4.78, 5) is 33.3. The van der Waals surface area contributed by atoms with Crippen LogP contribution < -0.4 is 10.6 Å². The average molecular weight is 417 g/mol. The largest absolute Gasteiger partial charge is 0.392 e. The fraction of sp³-hybridized carbons (Fsp3) is 0.739. The third kappa shape index (κ3) is 4.51. The Hall–Kier alpha value is -2.02. The maximum absolute atomic E-state index is 12.6. The minimum atomic E-state index is -0.567. The smallest absolute Gasteiger partial charge is 0.271 e. The maximum atomic E-state index is 12.6. The highest BCUT2D eigenvalue weighted by molar-refractivity contribution is 5.92. The third-order valence-electron chi connectivity index (χ3n) is 7.49. The number of aliphatic hydroxyl groups is 1. The van der Waals surface area contributed by atoms with Gasteiger partial charge in [-0.1, -0.05) is 20.8 Å². The van der Waals surface area contributed by atoms with Crippen molar-refractivity contribution in [2.45, 2.75) is 78.5 Å². The van der Waals surface area contributed by atoms with Crippen LogP contribution in [0.4, 0.5) is 0 Å². The summed E-state index contributed by atoms with van der Waals surface area (Å²) in [5.74, 6) is -0.398. The average Bonchev–Trinajstić information content (AvgIpc) is 2.70. The van der Waals surface area contributed by atoms with Gasteiger partial charge >= 0.3 is 0 Å². The molecule has 3 N–H and O–H groups in total. The number of rotatable bonds is 5. The fourth-order valence-corrected chi connectivity index (χ4v) is 5.77. The maximum Gasteiger partial charge on any atom is 0.271 e. The van der Waals surface area contributed by atoms with Gasteiger partial charge in [-0.25, -0.2) is 4.98 Å². The van der Waals surface area contributed by atoms with Crippen molar-refractivity contribution >= 4 is 11.8 Å². The number of carbonyl (C=O) groups is 2. The lowest BCUT2D eigenvalue weighted by atomic mass is 9.51. The van der Waals surface area contributed by atoms with E-state index < -0.39 is 6.10 Å². The lowest BCUT2D eigenvalue weighted by Crippen LogP contribution is -2.58. The number of amides is 2. The highest BCUT2D eigenvalue weighted by Gasteiger charge is 2.53. The van der Waals surface area contributed by atoms with Gasteiger partial charge in [0.1, 0.15) is 5.69 Å². The molecule has 2 amide bonds. The Morgan fingerprint density at radius 3 is 2.53 bits per heavy atom. The summed E-state index contributed by atoms with van der Waals surface area (Å²) in [5, 5.41) is 17.5. The number of nitrogens with zero attached hydrogens (tertiary/aromatic N) is 2. The van der Waals surface area contributed by atoms with E-state index in [0.717, 1.165) is 25.7 Å². The highest BCUT2D eigenvalue weighted by atomic mass is 16.3. The molecule has 7 nitrogen and oxygen atoms in total. The van der Waals surface area contributed by atoms with E-state index in [-0.39, 0.29) is 53.0 Å². The van der Waals surface area contributed by atoms with Crippen molar-refractivity contribution in [2.24, 2.45) is 29.1 Å². The molecule has 0 unspecified atom stereocenters. The molecule has 30 heavy (non-hydrogen) atoms. The first-order valence-electron chi connectivity index (χ1n) is 11.2. The normalized spacial score (nSPS) is 34.7. The molecular formula is C23H36N4O3. The van der Waals surface area contributed by atoms with E-state index in [9.17, 15) is 14.7 Å². The summed E-state index contributed by atoms with van der Waals surface area (Å²) in [6, 6.07) is 0.0472. The molecule has 0 bridgehead atoms. The van der Waals surface area contributed by atoms with Crippen LogP contribution in [0, 0.1) is 29.1 Å². The molecule has 2 fully saturated rings. The second-order valence-electron chi connectivity index (χ2n) is 9.89. The summed E-state index contributed by atoms with van der Waals surface area (Å²) in [6.07, 6.45) is 7.62. The molecule has 7 atom stereocenters. The van der Waals surface area contributed by atoms with E-state index in [1.54, 1.807) is 6.20 Å². The zero-order valence-electron chi connectivity index (χ0n) is 18.8.